The minimum absolute atomic E-state index is 0.123. The molecule has 0 amide bonds. The van der Waals surface area contributed by atoms with Crippen LogP contribution in [0.4, 0.5) is 5.69 Å². The third kappa shape index (κ3) is 3.97. The van der Waals surface area contributed by atoms with Gasteiger partial charge >= 0.3 is 0 Å². The zero-order chi connectivity index (χ0) is 14.0. The highest BCUT2D eigenvalue weighted by Gasteiger charge is 2.11. The van der Waals surface area contributed by atoms with Crippen LogP contribution in [-0.2, 0) is 0 Å². The molecule has 0 saturated carbocycles. The largest absolute Gasteiger partial charge is 0.378 e. The van der Waals surface area contributed by atoms with Gasteiger partial charge in [0.15, 0.2) is 0 Å². The summed E-state index contributed by atoms with van der Waals surface area (Å²) in [6, 6.07) is 12.1. The fourth-order valence-corrected chi connectivity index (χ4v) is 3.77. The number of halogens is 4. The van der Waals surface area contributed by atoms with Gasteiger partial charge in [-0.15, -0.1) is 0 Å². The van der Waals surface area contributed by atoms with Gasteiger partial charge in [0, 0.05) is 24.1 Å². The third-order valence-electron chi connectivity index (χ3n) is 2.73. The van der Waals surface area contributed by atoms with E-state index in [0.717, 1.165) is 29.7 Å². The Balaban J connectivity index is 2.23. The lowest BCUT2D eigenvalue weighted by Crippen LogP contribution is -2.07. The average Bonchev–Trinajstić information content (AvgIpc) is 2.32. The Bertz CT molecular complexity index is 601. The van der Waals surface area contributed by atoms with E-state index in [2.05, 4.69) is 60.0 Å². The monoisotopic (exact) mass is 465 g/mol. The van der Waals surface area contributed by atoms with Crippen molar-refractivity contribution < 1.29 is 0 Å². The molecule has 2 aromatic rings. The number of rotatable bonds is 3. The summed E-state index contributed by atoms with van der Waals surface area (Å²) in [6.45, 7) is 2.09. The Kier molecular flexibility index (Phi) is 5.35. The summed E-state index contributed by atoms with van der Waals surface area (Å²) < 4.78 is 3.04. The SMILES string of the molecule is CC(Nc1ccc(Br)cc1Br)c1ccc(Br)cc1Cl. The van der Waals surface area contributed by atoms with E-state index in [1.54, 1.807) is 0 Å². The van der Waals surface area contributed by atoms with Crippen molar-refractivity contribution in [2.75, 3.05) is 5.32 Å². The molecule has 0 aliphatic heterocycles. The molecular weight excluding hydrogens is 457 g/mol. The normalized spacial score (nSPS) is 12.3. The maximum atomic E-state index is 6.27. The van der Waals surface area contributed by atoms with Crippen LogP contribution in [-0.4, -0.2) is 0 Å². The van der Waals surface area contributed by atoms with E-state index < -0.39 is 0 Å². The van der Waals surface area contributed by atoms with Gasteiger partial charge in [0.05, 0.1) is 6.04 Å². The van der Waals surface area contributed by atoms with Crippen LogP contribution in [0.25, 0.3) is 0 Å². The molecule has 0 aliphatic rings. The number of hydrogen-bond acceptors (Lipinski definition) is 1. The highest BCUT2D eigenvalue weighted by Crippen LogP contribution is 2.32. The smallest absolute Gasteiger partial charge is 0.0500 e. The second-order valence-electron chi connectivity index (χ2n) is 4.16. The Labute approximate surface area is 143 Å². The molecule has 1 N–H and O–H groups in total. The number of anilines is 1. The highest BCUT2D eigenvalue weighted by atomic mass is 79.9. The van der Waals surface area contributed by atoms with Crippen LogP contribution < -0.4 is 5.32 Å². The summed E-state index contributed by atoms with van der Waals surface area (Å²) in [5.74, 6) is 0. The van der Waals surface area contributed by atoms with E-state index in [-0.39, 0.29) is 6.04 Å². The second-order valence-corrected chi connectivity index (χ2v) is 7.25. The molecule has 2 rings (SSSR count). The Morgan fingerprint density at radius 2 is 1.63 bits per heavy atom. The van der Waals surface area contributed by atoms with Crippen molar-refractivity contribution in [3.63, 3.8) is 0 Å². The summed E-state index contributed by atoms with van der Waals surface area (Å²) in [5.41, 5.74) is 2.11. The van der Waals surface area contributed by atoms with Crippen molar-refractivity contribution in [1.29, 1.82) is 0 Å². The molecule has 1 unspecified atom stereocenters. The predicted molar refractivity (Wildman–Crippen MR) is 93.0 cm³/mol. The van der Waals surface area contributed by atoms with Gasteiger partial charge in [0.2, 0.25) is 0 Å². The number of nitrogens with one attached hydrogen (secondary N) is 1. The van der Waals surface area contributed by atoms with Crippen LogP contribution in [0.5, 0.6) is 0 Å². The molecule has 100 valence electrons. The van der Waals surface area contributed by atoms with E-state index in [0.29, 0.717) is 0 Å². The molecule has 5 heteroatoms. The Morgan fingerprint density at radius 1 is 1.00 bits per heavy atom. The van der Waals surface area contributed by atoms with Crippen LogP contribution in [0.1, 0.15) is 18.5 Å². The molecule has 2 aromatic carbocycles. The zero-order valence-corrected chi connectivity index (χ0v) is 15.6. The second kappa shape index (κ2) is 6.61. The first kappa shape index (κ1) is 15.4. The first-order valence-electron chi connectivity index (χ1n) is 5.64. The molecule has 19 heavy (non-hydrogen) atoms. The van der Waals surface area contributed by atoms with E-state index in [4.69, 9.17) is 11.6 Å². The Hall–Kier alpha value is -0.0300. The number of hydrogen-bond donors (Lipinski definition) is 1. The summed E-state index contributed by atoms with van der Waals surface area (Å²) in [4.78, 5) is 0. The van der Waals surface area contributed by atoms with Crippen LogP contribution in [0.2, 0.25) is 5.02 Å². The van der Waals surface area contributed by atoms with Gasteiger partial charge in [0.1, 0.15) is 0 Å². The molecule has 0 heterocycles. The van der Waals surface area contributed by atoms with Crippen molar-refractivity contribution in [3.05, 3.63) is 60.4 Å². The topological polar surface area (TPSA) is 12.0 Å². The molecule has 1 nitrogen and oxygen atoms in total. The molecule has 0 saturated heterocycles. The third-order valence-corrected chi connectivity index (χ3v) is 4.70. The fourth-order valence-electron chi connectivity index (χ4n) is 1.77. The Morgan fingerprint density at radius 3 is 2.26 bits per heavy atom. The van der Waals surface area contributed by atoms with Crippen LogP contribution in [0.3, 0.4) is 0 Å². The lowest BCUT2D eigenvalue weighted by atomic mass is 10.1. The summed E-state index contributed by atoms with van der Waals surface area (Å²) >= 11 is 16.7. The van der Waals surface area contributed by atoms with Gasteiger partial charge in [-0.3, -0.25) is 0 Å². The summed E-state index contributed by atoms with van der Waals surface area (Å²) in [7, 11) is 0. The van der Waals surface area contributed by atoms with Gasteiger partial charge in [-0.05, 0) is 58.7 Å². The lowest BCUT2D eigenvalue weighted by Gasteiger charge is -2.18. The van der Waals surface area contributed by atoms with Crippen molar-refractivity contribution in [3.8, 4) is 0 Å². The van der Waals surface area contributed by atoms with E-state index in [9.17, 15) is 0 Å². The van der Waals surface area contributed by atoms with Gasteiger partial charge in [-0.2, -0.15) is 0 Å². The van der Waals surface area contributed by atoms with E-state index >= 15 is 0 Å². The van der Waals surface area contributed by atoms with Crippen LogP contribution >= 0.6 is 59.4 Å². The minimum atomic E-state index is 0.123. The maximum Gasteiger partial charge on any atom is 0.0500 e. The highest BCUT2D eigenvalue weighted by molar-refractivity contribution is 9.11. The molecular formula is C14H11Br3ClN. The van der Waals surface area contributed by atoms with Crippen molar-refractivity contribution in [1.82, 2.24) is 0 Å². The fraction of sp³-hybridized carbons (Fsp3) is 0.143. The van der Waals surface area contributed by atoms with Gasteiger partial charge in [-0.25, -0.2) is 0 Å². The standard InChI is InChI=1S/C14H11Br3ClN/c1-8(11-4-2-10(16)7-13(11)18)19-14-5-3-9(15)6-12(14)17/h2-8,19H,1H3. The summed E-state index contributed by atoms with van der Waals surface area (Å²) in [6.07, 6.45) is 0. The molecule has 0 fully saturated rings. The molecule has 0 radical (unpaired) electrons. The van der Waals surface area contributed by atoms with Crippen molar-refractivity contribution in [2.45, 2.75) is 13.0 Å². The number of benzene rings is 2. The lowest BCUT2D eigenvalue weighted by molar-refractivity contribution is 0.883. The quantitative estimate of drug-likeness (QED) is 0.523. The molecule has 0 aliphatic carbocycles. The molecule has 0 aromatic heterocycles. The maximum absolute atomic E-state index is 6.27. The average molecular weight is 468 g/mol. The van der Waals surface area contributed by atoms with Crippen molar-refractivity contribution >= 4 is 65.1 Å². The minimum Gasteiger partial charge on any atom is -0.378 e. The van der Waals surface area contributed by atoms with Crippen LogP contribution in [0.15, 0.2) is 49.8 Å². The van der Waals surface area contributed by atoms with E-state index in [1.165, 1.54) is 0 Å². The zero-order valence-electron chi connectivity index (χ0n) is 10.1. The van der Waals surface area contributed by atoms with E-state index in [1.807, 2.05) is 36.4 Å². The van der Waals surface area contributed by atoms with Gasteiger partial charge in [-0.1, -0.05) is 49.5 Å². The van der Waals surface area contributed by atoms with Gasteiger partial charge < -0.3 is 5.32 Å². The summed E-state index contributed by atoms with van der Waals surface area (Å²) in [5, 5.41) is 4.20. The predicted octanol–water partition coefficient (Wildman–Crippen LogP) is 6.80. The molecule has 1 atom stereocenters. The van der Waals surface area contributed by atoms with Crippen LogP contribution in [0, 0.1) is 0 Å². The van der Waals surface area contributed by atoms with Crippen molar-refractivity contribution in [2.24, 2.45) is 0 Å². The molecule has 0 spiro atoms. The first-order valence-corrected chi connectivity index (χ1v) is 8.39. The van der Waals surface area contributed by atoms with Gasteiger partial charge in [0.25, 0.3) is 0 Å². The molecule has 0 bridgehead atoms. The first-order chi connectivity index (χ1) is 8.97.